The first-order valence-electron chi connectivity index (χ1n) is 0.378. The maximum absolute atomic E-state index is 4.64. The third kappa shape index (κ3) is 25.2. The summed E-state index contributed by atoms with van der Waals surface area (Å²) in [5, 5.41) is 0. The van der Waals surface area contributed by atoms with Crippen molar-refractivity contribution in [3.8, 4) is 0 Å². The van der Waals surface area contributed by atoms with Crippen LogP contribution in [0.15, 0.2) is 0 Å². The molecule has 0 atom stereocenters. The molecule has 6 heteroatoms. The monoisotopic (exact) mass is 180 g/mol. The first kappa shape index (κ1) is 33.2. The van der Waals surface area contributed by atoms with Crippen LogP contribution >= 0.6 is 34.6 Å². The fraction of sp³-hybridized carbons (Fsp3) is 0. The zero-order valence-corrected chi connectivity index (χ0v) is 4.58. The van der Waals surface area contributed by atoms with Gasteiger partial charge < -0.3 is 0 Å². The molecule has 0 bridgehead atoms. The van der Waals surface area contributed by atoms with E-state index in [2.05, 4.69) is 9.80 Å². The molecule has 0 unspecified atom stereocenters. The van der Waals surface area contributed by atoms with Gasteiger partial charge in [0.15, 0.2) is 0 Å². The van der Waals surface area contributed by atoms with Crippen molar-refractivity contribution in [1.82, 2.24) is 0 Å². The second-order valence-corrected chi connectivity index (χ2v) is 0. The summed E-state index contributed by atoms with van der Waals surface area (Å²) in [7, 11) is 4.64. The molecule has 0 saturated heterocycles. The Kier molecular flexibility index (Phi) is 207. The van der Waals surface area contributed by atoms with Crippen molar-refractivity contribution in [3.63, 3.8) is 0 Å². The summed E-state index contributed by atoms with van der Waals surface area (Å²) in [4.78, 5) is 0. The number of halogens is 3. The Balaban J connectivity index is -0.000000000833. The van der Waals surface area contributed by atoms with Gasteiger partial charge in [-0.25, -0.2) is 0 Å². The van der Waals surface area contributed by atoms with Gasteiger partial charge in [0.2, 0.25) is 0 Å². The molecule has 0 aromatic carbocycles. The van der Waals surface area contributed by atoms with Crippen LogP contribution in [0.4, 0.5) is 0 Å². The molecule has 0 N–H and O–H groups in total. The van der Waals surface area contributed by atoms with Gasteiger partial charge in [0, 0.05) is 0 Å². The molecule has 30 valence electrons. The first-order valence-corrected chi connectivity index (χ1v) is 1.13. The van der Waals surface area contributed by atoms with Gasteiger partial charge in [0.05, 0.1) is 0 Å². The standard InChI is InChI=1S/Ca.3ClH.Li.Na.3H/h;3*1H;;;;;/q;;;;+1;;;;/p-1. The van der Waals surface area contributed by atoms with Crippen LogP contribution in [-0.4, -0.2) is 84.0 Å². The van der Waals surface area contributed by atoms with E-state index in [9.17, 15) is 0 Å². The van der Waals surface area contributed by atoms with E-state index in [-0.39, 0.29) is 92.1 Å². The molecule has 0 rings (SSSR count). The van der Waals surface area contributed by atoms with E-state index in [1.807, 2.05) is 0 Å². The Morgan fingerprint density at radius 3 is 1.00 bits per heavy atom. The van der Waals surface area contributed by atoms with Crippen molar-refractivity contribution in [1.29, 1.82) is 0 Å². The quantitative estimate of drug-likeness (QED) is 0.446. The molecule has 0 fully saturated rings. The van der Waals surface area contributed by atoms with E-state index >= 15 is 0 Å². The predicted molar refractivity (Wildman–Crippen MR) is 41.8 cm³/mol. The summed E-state index contributed by atoms with van der Waals surface area (Å²) in [6, 6.07) is 0. The molecule has 0 aromatic rings. The summed E-state index contributed by atoms with van der Waals surface area (Å²) in [5.74, 6) is 0. The van der Waals surface area contributed by atoms with Crippen LogP contribution in [0.5, 0.6) is 0 Å². The van der Waals surface area contributed by atoms with Gasteiger partial charge in [-0.05, 0) is 0 Å². The molecular formula is H5CaCl3LiNa. The maximum atomic E-state index is 4.64. The third-order valence-electron chi connectivity index (χ3n) is 0. The Morgan fingerprint density at radius 1 is 1.00 bits per heavy atom. The van der Waals surface area contributed by atoms with Crippen molar-refractivity contribution >= 4 is 119 Å². The minimum absolute atomic E-state index is 0. The molecule has 0 aromatic heterocycles. The summed E-state index contributed by atoms with van der Waals surface area (Å²) in [6.07, 6.45) is 0. The molecule has 0 spiro atoms. The molecular weight excluding hydrogens is 176 g/mol. The van der Waals surface area contributed by atoms with Crippen LogP contribution in [0.3, 0.4) is 0 Å². The normalized spacial score (nSPS) is 1.17. The fourth-order valence-corrected chi connectivity index (χ4v) is 0. The van der Waals surface area contributed by atoms with E-state index in [1.165, 1.54) is 16.7 Å². The summed E-state index contributed by atoms with van der Waals surface area (Å²) in [5.41, 5.74) is 0. The number of hydrogen-bond acceptors (Lipinski definition) is 0. The van der Waals surface area contributed by atoms with Crippen molar-refractivity contribution < 1.29 is 0 Å². The van der Waals surface area contributed by atoms with Gasteiger partial charge in [0.25, 0.3) is 0 Å². The van der Waals surface area contributed by atoms with Gasteiger partial charge in [-0.3, -0.25) is 0 Å². The Bertz CT molecular complexity index is 10.8. The average Bonchev–Trinajstić information content (AvgIpc) is 1.00. The molecule has 0 aliphatic rings. The van der Waals surface area contributed by atoms with Crippen molar-refractivity contribution in [2.75, 3.05) is 0 Å². The van der Waals surface area contributed by atoms with Gasteiger partial charge in [-0.1, -0.05) is 0 Å². The van der Waals surface area contributed by atoms with Crippen LogP contribution in [0, 0.1) is 0 Å². The zero-order chi connectivity index (χ0) is 2.00. The topological polar surface area (TPSA) is 0 Å². The van der Waals surface area contributed by atoms with E-state index in [1.54, 1.807) is 0 Å². The Labute approximate surface area is 116 Å². The second kappa shape index (κ2) is 37.5. The Hall–Kier alpha value is 3.73. The van der Waals surface area contributed by atoms with Crippen molar-refractivity contribution in [3.05, 3.63) is 0 Å². The van der Waals surface area contributed by atoms with Crippen molar-refractivity contribution in [2.45, 2.75) is 0 Å². The van der Waals surface area contributed by atoms with E-state index < -0.39 is 0 Å². The summed E-state index contributed by atoms with van der Waals surface area (Å²) >= 11 is 1.47. The van der Waals surface area contributed by atoms with E-state index in [4.69, 9.17) is 0 Å². The third-order valence-corrected chi connectivity index (χ3v) is 0. The molecule has 0 heterocycles. The first-order chi connectivity index (χ1) is 1.00. The van der Waals surface area contributed by atoms with Crippen LogP contribution in [-0.2, 0) is 0 Å². The van der Waals surface area contributed by atoms with E-state index in [0.29, 0.717) is 0 Å². The minimum atomic E-state index is 0. The predicted octanol–water partition coefficient (Wildman–Crippen LogP) is -0.412. The molecule has 0 amide bonds. The number of hydrogen-bond donors (Lipinski definition) is 0. The van der Waals surface area contributed by atoms with Gasteiger partial charge >= 0.3 is 93.8 Å². The van der Waals surface area contributed by atoms with Crippen molar-refractivity contribution in [2.24, 2.45) is 0 Å². The Morgan fingerprint density at radius 2 is 1.00 bits per heavy atom. The fourth-order valence-electron chi connectivity index (χ4n) is 0. The van der Waals surface area contributed by atoms with Gasteiger partial charge in [-0.2, -0.15) is 0 Å². The molecule has 0 aliphatic heterocycles. The van der Waals surface area contributed by atoms with Crippen LogP contribution in [0.25, 0.3) is 0 Å². The summed E-state index contributed by atoms with van der Waals surface area (Å²) < 4.78 is 0. The zero-order valence-electron chi connectivity index (χ0n) is 2.19. The van der Waals surface area contributed by atoms with Crippen LogP contribution < -0.4 is 0 Å². The van der Waals surface area contributed by atoms with Gasteiger partial charge in [-0.15, -0.1) is 24.8 Å². The number of rotatable bonds is 0. The summed E-state index contributed by atoms with van der Waals surface area (Å²) in [6.45, 7) is 0. The molecule has 0 nitrogen and oxygen atoms in total. The van der Waals surface area contributed by atoms with Crippen LogP contribution in [0.1, 0.15) is 0 Å². The molecule has 0 aliphatic carbocycles. The molecule has 6 heavy (non-hydrogen) atoms. The molecule has 0 saturated carbocycles. The van der Waals surface area contributed by atoms with Crippen LogP contribution in [0.2, 0.25) is 0 Å². The molecule has 0 radical (unpaired) electrons. The van der Waals surface area contributed by atoms with Gasteiger partial charge in [0.1, 0.15) is 0 Å². The average molecular weight is 181 g/mol. The SMILES string of the molecule is Cl.Cl.[CaH2].[Li][Cl].[NaH]. The second-order valence-electron chi connectivity index (χ2n) is 0. The van der Waals surface area contributed by atoms with E-state index in [0.717, 1.165) is 0 Å².